The molecule has 0 radical (unpaired) electrons. The fraction of sp³-hybridized carbons (Fsp3) is 0.423. The average Bonchev–Trinajstić information content (AvgIpc) is 2.77. The third-order valence-electron chi connectivity index (χ3n) is 6.00. The quantitative estimate of drug-likeness (QED) is 0.712. The van der Waals surface area contributed by atoms with Gasteiger partial charge in [0.05, 0.1) is 5.41 Å². The topological polar surface area (TPSA) is 62.3 Å². The molecule has 3 rings (SSSR count). The van der Waals surface area contributed by atoms with Crippen LogP contribution >= 0.6 is 0 Å². The Hall–Kier alpha value is -2.95. The maximum absolute atomic E-state index is 13.2. The van der Waals surface area contributed by atoms with Gasteiger partial charge in [0.1, 0.15) is 0 Å². The highest BCUT2D eigenvalue weighted by Crippen LogP contribution is 2.37. The lowest BCUT2D eigenvalue weighted by Gasteiger charge is -2.42. The standard InChI is InChI=1S/C26H33N3O2/c1-5-13-28-23(30)26(11-15-29(16-12-26)24(31)25(2,3)4)18-20-8-6-9-21(17-20)22-10-7-14-27-19-22/h5-10,14,17,19H,1,11-13,15-16,18H2,2-4H3,(H,28,30). The van der Waals surface area contributed by atoms with E-state index >= 15 is 0 Å². The molecule has 1 N–H and O–H groups in total. The second kappa shape index (κ2) is 9.46. The van der Waals surface area contributed by atoms with Crippen LogP contribution in [0.4, 0.5) is 0 Å². The summed E-state index contributed by atoms with van der Waals surface area (Å²) in [5.74, 6) is 0.188. The number of rotatable bonds is 6. The predicted octanol–water partition coefficient (Wildman–Crippen LogP) is 4.25. The minimum Gasteiger partial charge on any atom is -0.352 e. The van der Waals surface area contributed by atoms with Crippen molar-refractivity contribution in [3.63, 3.8) is 0 Å². The number of amides is 2. The lowest BCUT2D eigenvalue weighted by Crippen LogP contribution is -2.53. The minimum absolute atomic E-state index is 0.0436. The molecule has 2 heterocycles. The van der Waals surface area contributed by atoms with Gasteiger partial charge in [-0.25, -0.2) is 0 Å². The number of hydrogen-bond acceptors (Lipinski definition) is 3. The first-order valence-corrected chi connectivity index (χ1v) is 10.9. The fourth-order valence-corrected chi connectivity index (χ4v) is 4.23. The van der Waals surface area contributed by atoms with E-state index in [2.05, 4.69) is 35.1 Å². The van der Waals surface area contributed by atoms with Crippen LogP contribution in [-0.2, 0) is 16.0 Å². The predicted molar refractivity (Wildman–Crippen MR) is 124 cm³/mol. The first-order chi connectivity index (χ1) is 14.7. The number of likely N-dealkylation sites (tertiary alicyclic amines) is 1. The Bertz CT molecular complexity index is 923. The Balaban J connectivity index is 1.83. The number of benzene rings is 1. The zero-order valence-electron chi connectivity index (χ0n) is 18.9. The summed E-state index contributed by atoms with van der Waals surface area (Å²) in [7, 11) is 0. The van der Waals surface area contributed by atoms with Crippen LogP contribution in [0, 0.1) is 10.8 Å². The van der Waals surface area contributed by atoms with E-state index in [1.807, 2.05) is 50.1 Å². The molecule has 5 nitrogen and oxygen atoms in total. The first-order valence-electron chi connectivity index (χ1n) is 10.9. The van der Waals surface area contributed by atoms with Gasteiger partial charge >= 0.3 is 0 Å². The van der Waals surface area contributed by atoms with E-state index < -0.39 is 10.8 Å². The number of carbonyl (C=O) groups excluding carboxylic acids is 2. The fourth-order valence-electron chi connectivity index (χ4n) is 4.23. The number of nitrogens with zero attached hydrogens (tertiary/aromatic N) is 2. The van der Waals surface area contributed by atoms with Crippen molar-refractivity contribution in [2.24, 2.45) is 10.8 Å². The molecule has 1 aromatic heterocycles. The molecule has 164 valence electrons. The molecule has 0 saturated carbocycles. The molecule has 0 aliphatic carbocycles. The van der Waals surface area contributed by atoms with Gasteiger partial charge in [-0.1, -0.05) is 57.2 Å². The van der Waals surface area contributed by atoms with Gasteiger partial charge < -0.3 is 10.2 Å². The number of piperidine rings is 1. The van der Waals surface area contributed by atoms with Gasteiger partial charge in [0.25, 0.3) is 0 Å². The summed E-state index contributed by atoms with van der Waals surface area (Å²) in [6.45, 7) is 11.2. The van der Waals surface area contributed by atoms with Crippen molar-refractivity contribution < 1.29 is 9.59 Å². The maximum atomic E-state index is 13.2. The van der Waals surface area contributed by atoms with E-state index in [0.717, 1.165) is 16.7 Å². The molecule has 1 fully saturated rings. The largest absolute Gasteiger partial charge is 0.352 e. The Kier molecular flexibility index (Phi) is 6.94. The van der Waals surface area contributed by atoms with Crippen molar-refractivity contribution in [2.75, 3.05) is 19.6 Å². The Labute approximate surface area is 185 Å². The van der Waals surface area contributed by atoms with Gasteiger partial charge in [0.15, 0.2) is 0 Å². The van der Waals surface area contributed by atoms with Crippen LogP contribution in [-0.4, -0.2) is 41.3 Å². The Morgan fingerprint density at radius 3 is 2.48 bits per heavy atom. The SMILES string of the molecule is C=CCNC(=O)C1(Cc2cccc(-c3cccnc3)c2)CCN(C(=O)C(C)(C)C)CC1. The molecular weight excluding hydrogens is 386 g/mol. The number of carbonyl (C=O) groups is 2. The summed E-state index contributed by atoms with van der Waals surface area (Å²) >= 11 is 0. The summed E-state index contributed by atoms with van der Waals surface area (Å²) in [4.78, 5) is 32.1. The van der Waals surface area contributed by atoms with E-state index in [0.29, 0.717) is 38.9 Å². The highest BCUT2D eigenvalue weighted by molar-refractivity contribution is 5.85. The van der Waals surface area contributed by atoms with Crippen LogP contribution in [0.1, 0.15) is 39.2 Å². The Morgan fingerprint density at radius 1 is 1.16 bits per heavy atom. The molecule has 2 aromatic rings. The summed E-state index contributed by atoms with van der Waals surface area (Å²) < 4.78 is 0. The number of pyridine rings is 1. The van der Waals surface area contributed by atoms with E-state index in [4.69, 9.17) is 0 Å². The lowest BCUT2D eigenvalue weighted by molar-refractivity contribution is -0.145. The normalized spacial score (nSPS) is 15.9. The van der Waals surface area contributed by atoms with Gasteiger partial charge in [-0.05, 0) is 42.0 Å². The molecule has 2 amide bonds. The van der Waals surface area contributed by atoms with Crippen molar-refractivity contribution in [1.82, 2.24) is 15.2 Å². The first kappa shape index (κ1) is 22.7. The van der Waals surface area contributed by atoms with E-state index in [1.54, 1.807) is 12.3 Å². The van der Waals surface area contributed by atoms with Crippen LogP contribution in [0.15, 0.2) is 61.4 Å². The lowest BCUT2D eigenvalue weighted by atomic mass is 9.72. The molecule has 0 atom stereocenters. The third kappa shape index (κ3) is 5.40. The molecular formula is C26H33N3O2. The maximum Gasteiger partial charge on any atom is 0.227 e. The van der Waals surface area contributed by atoms with Crippen LogP contribution < -0.4 is 5.32 Å². The molecule has 0 bridgehead atoms. The van der Waals surface area contributed by atoms with Gasteiger partial charge in [-0.2, -0.15) is 0 Å². The smallest absolute Gasteiger partial charge is 0.227 e. The molecule has 31 heavy (non-hydrogen) atoms. The zero-order valence-corrected chi connectivity index (χ0v) is 18.9. The highest BCUT2D eigenvalue weighted by atomic mass is 16.2. The van der Waals surface area contributed by atoms with Crippen LogP contribution in [0.3, 0.4) is 0 Å². The molecule has 0 unspecified atom stereocenters. The number of hydrogen-bond donors (Lipinski definition) is 1. The molecule has 1 aliphatic rings. The van der Waals surface area contributed by atoms with Crippen molar-refractivity contribution in [3.05, 3.63) is 67.0 Å². The van der Waals surface area contributed by atoms with Crippen LogP contribution in [0.2, 0.25) is 0 Å². The molecule has 5 heteroatoms. The van der Waals surface area contributed by atoms with Crippen molar-refractivity contribution in [2.45, 2.75) is 40.0 Å². The zero-order chi connectivity index (χ0) is 22.5. The third-order valence-corrected chi connectivity index (χ3v) is 6.00. The van der Waals surface area contributed by atoms with E-state index in [-0.39, 0.29) is 11.8 Å². The van der Waals surface area contributed by atoms with Gasteiger partial charge in [0.2, 0.25) is 11.8 Å². The summed E-state index contributed by atoms with van der Waals surface area (Å²) in [5, 5.41) is 3.01. The monoisotopic (exact) mass is 419 g/mol. The van der Waals surface area contributed by atoms with Crippen LogP contribution in [0.5, 0.6) is 0 Å². The molecule has 1 aromatic carbocycles. The van der Waals surface area contributed by atoms with E-state index in [9.17, 15) is 9.59 Å². The molecule has 1 aliphatic heterocycles. The Morgan fingerprint density at radius 2 is 1.87 bits per heavy atom. The summed E-state index contributed by atoms with van der Waals surface area (Å²) in [6, 6.07) is 12.3. The van der Waals surface area contributed by atoms with Gasteiger partial charge in [0, 0.05) is 37.4 Å². The van der Waals surface area contributed by atoms with Gasteiger partial charge in [-0.3, -0.25) is 14.6 Å². The molecule has 0 spiro atoms. The average molecular weight is 420 g/mol. The van der Waals surface area contributed by atoms with Crippen molar-refractivity contribution >= 4 is 11.8 Å². The summed E-state index contributed by atoms with van der Waals surface area (Å²) in [6.07, 6.45) is 7.25. The van der Waals surface area contributed by atoms with Gasteiger partial charge in [-0.15, -0.1) is 6.58 Å². The number of nitrogens with one attached hydrogen (secondary N) is 1. The van der Waals surface area contributed by atoms with Crippen molar-refractivity contribution in [3.8, 4) is 11.1 Å². The van der Waals surface area contributed by atoms with E-state index in [1.165, 1.54) is 0 Å². The minimum atomic E-state index is -0.536. The number of aromatic nitrogens is 1. The summed E-state index contributed by atoms with van der Waals surface area (Å²) in [5.41, 5.74) is 2.31. The van der Waals surface area contributed by atoms with Crippen molar-refractivity contribution in [1.29, 1.82) is 0 Å². The van der Waals surface area contributed by atoms with Crippen LogP contribution in [0.25, 0.3) is 11.1 Å². The second-order valence-corrected chi connectivity index (χ2v) is 9.44. The molecule has 1 saturated heterocycles. The second-order valence-electron chi connectivity index (χ2n) is 9.44. The highest BCUT2D eigenvalue weighted by Gasteiger charge is 2.43.